The highest BCUT2D eigenvalue weighted by atomic mass is 79.9. The van der Waals surface area contributed by atoms with E-state index in [2.05, 4.69) is 21.2 Å². The zero-order valence-electron chi connectivity index (χ0n) is 15.8. The quantitative estimate of drug-likeness (QED) is 0.514. The van der Waals surface area contributed by atoms with Gasteiger partial charge in [0.1, 0.15) is 22.8 Å². The van der Waals surface area contributed by atoms with Gasteiger partial charge in [-0.05, 0) is 23.6 Å². The summed E-state index contributed by atoms with van der Waals surface area (Å²) in [5.74, 6) is -0.833. The number of anilines is 1. The Hall–Kier alpha value is -3.89. The van der Waals surface area contributed by atoms with Gasteiger partial charge in [0.25, 0.3) is 0 Å². The molecule has 2 heterocycles. The second-order valence-electron chi connectivity index (χ2n) is 7.59. The van der Waals surface area contributed by atoms with Crippen molar-refractivity contribution in [2.24, 2.45) is 5.73 Å². The van der Waals surface area contributed by atoms with Gasteiger partial charge in [-0.25, -0.2) is 0 Å². The fraction of sp³-hybridized carbons (Fsp3) is 0.0417. The molecular weight excluding hydrogens is 458 g/mol. The summed E-state index contributed by atoms with van der Waals surface area (Å²) < 4.78 is 6.60. The molecule has 3 aromatic carbocycles. The minimum Gasteiger partial charge on any atom is -0.439 e. The van der Waals surface area contributed by atoms with Gasteiger partial charge in [-0.1, -0.05) is 52.3 Å². The van der Waals surface area contributed by atoms with Crippen LogP contribution >= 0.6 is 15.9 Å². The molecule has 0 aromatic heterocycles. The zero-order chi connectivity index (χ0) is 21.5. The van der Waals surface area contributed by atoms with E-state index >= 15 is 0 Å². The minimum atomic E-state index is -1.70. The van der Waals surface area contributed by atoms with E-state index in [1.54, 1.807) is 30.3 Å². The van der Waals surface area contributed by atoms with E-state index in [1.165, 1.54) is 0 Å². The summed E-state index contributed by atoms with van der Waals surface area (Å²) in [4.78, 5) is 27.5. The van der Waals surface area contributed by atoms with Crippen LogP contribution in [0.3, 0.4) is 0 Å². The largest absolute Gasteiger partial charge is 0.439 e. The van der Waals surface area contributed by atoms with Crippen molar-refractivity contribution in [3.05, 3.63) is 92.8 Å². The molecule has 3 N–H and O–H groups in total. The predicted molar refractivity (Wildman–Crippen MR) is 118 cm³/mol. The lowest BCUT2D eigenvalue weighted by Crippen LogP contribution is -2.46. The Labute approximate surface area is 184 Å². The van der Waals surface area contributed by atoms with Crippen LogP contribution in [0.4, 0.5) is 5.69 Å². The topological polar surface area (TPSA) is 105 Å². The Morgan fingerprint density at radius 3 is 2.55 bits per heavy atom. The van der Waals surface area contributed by atoms with Crippen molar-refractivity contribution in [1.82, 2.24) is 0 Å². The van der Waals surface area contributed by atoms with Gasteiger partial charge < -0.3 is 15.8 Å². The van der Waals surface area contributed by atoms with Crippen molar-refractivity contribution in [1.29, 1.82) is 5.26 Å². The van der Waals surface area contributed by atoms with Crippen LogP contribution in [0.5, 0.6) is 0 Å². The molecule has 1 aliphatic carbocycles. The second-order valence-corrected chi connectivity index (χ2v) is 8.51. The Kier molecular flexibility index (Phi) is 3.37. The summed E-state index contributed by atoms with van der Waals surface area (Å²) in [5, 5.41) is 14.5. The van der Waals surface area contributed by atoms with Crippen LogP contribution in [0, 0.1) is 11.3 Å². The number of carbonyl (C=O) groups excluding carboxylic acids is 2. The molecule has 1 unspecified atom stereocenters. The number of halogens is 1. The molecule has 6 rings (SSSR count). The fourth-order valence-corrected chi connectivity index (χ4v) is 5.28. The van der Waals surface area contributed by atoms with Crippen LogP contribution in [-0.4, -0.2) is 11.7 Å². The van der Waals surface area contributed by atoms with Gasteiger partial charge in [0.2, 0.25) is 11.8 Å². The molecule has 1 atom stereocenters. The summed E-state index contributed by atoms with van der Waals surface area (Å²) in [6.07, 6.45) is 0. The highest BCUT2D eigenvalue weighted by Crippen LogP contribution is 2.56. The van der Waals surface area contributed by atoms with Gasteiger partial charge in [0, 0.05) is 32.2 Å². The summed E-state index contributed by atoms with van der Waals surface area (Å²) in [5.41, 5.74) is 6.65. The molecule has 31 heavy (non-hydrogen) atoms. The molecular formula is C24H12BrN3O3. The zero-order valence-corrected chi connectivity index (χ0v) is 17.4. The van der Waals surface area contributed by atoms with Crippen molar-refractivity contribution in [2.75, 3.05) is 5.32 Å². The molecule has 0 saturated carbocycles. The lowest BCUT2D eigenvalue weighted by molar-refractivity contribution is -0.118. The molecule has 6 nitrogen and oxygen atoms in total. The maximum absolute atomic E-state index is 13.9. The van der Waals surface area contributed by atoms with Crippen molar-refractivity contribution >= 4 is 49.8 Å². The Morgan fingerprint density at radius 1 is 1.06 bits per heavy atom. The molecule has 1 spiro atoms. The number of fused-ring (bicyclic) bond motifs is 4. The first-order chi connectivity index (χ1) is 15.0. The number of nitrogens with two attached hydrogens (primary N) is 1. The van der Waals surface area contributed by atoms with E-state index in [-0.39, 0.29) is 28.6 Å². The molecule has 0 fully saturated rings. The van der Waals surface area contributed by atoms with E-state index in [0.29, 0.717) is 26.9 Å². The first-order valence-corrected chi connectivity index (χ1v) is 10.3. The minimum absolute atomic E-state index is 0.0968. The number of carbonyl (C=O) groups is 2. The van der Waals surface area contributed by atoms with Gasteiger partial charge in [0.05, 0.1) is 5.57 Å². The van der Waals surface area contributed by atoms with Gasteiger partial charge in [-0.2, -0.15) is 5.26 Å². The highest BCUT2D eigenvalue weighted by Gasteiger charge is 2.60. The Bertz CT molecular complexity index is 1510. The Balaban J connectivity index is 1.81. The summed E-state index contributed by atoms with van der Waals surface area (Å²) >= 11 is 3.44. The number of rotatable bonds is 0. The number of Topliss-reactive ketones (excluding diaryl/α,β-unsaturated/α-hetero) is 1. The average molecular weight is 470 g/mol. The molecule has 3 aliphatic rings. The molecule has 0 bridgehead atoms. The number of nitrogens with one attached hydrogen (secondary N) is 1. The number of hydrogen-bond acceptors (Lipinski definition) is 5. The third kappa shape index (κ3) is 2.00. The van der Waals surface area contributed by atoms with Gasteiger partial charge in [-0.15, -0.1) is 0 Å². The number of nitriles is 1. The normalized spacial score (nSPS) is 21.0. The molecule has 7 heteroatoms. The monoisotopic (exact) mass is 469 g/mol. The Morgan fingerprint density at radius 2 is 1.81 bits per heavy atom. The smallest absolute Gasteiger partial charge is 0.245 e. The molecule has 2 aliphatic heterocycles. The average Bonchev–Trinajstić information content (AvgIpc) is 3.03. The molecule has 148 valence electrons. The molecule has 0 saturated heterocycles. The van der Waals surface area contributed by atoms with E-state index in [1.807, 2.05) is 30.3 Å². The predicted octanol–water partition coefficient (Wildman–Crippen LogP) is 4.12. The van der Waals surface area contributed by atoms with E-state index in [4.69, 9.17) is 10.5 Å². The van der Waals surface area contributed by atoms with Crippen LogP contribution < -0.4 is 11.1 Å². The van der Waals surface area contributed by atoms with Gasteiger partial charge >= 0.3 is 0 Å². The number of nitrogens with zero attached hydrogens (tertiary/aromatic N) is 1. The van der Waals surface area contributed by atoms with Crippen LogP contribution in [0.1, 0.15) is 21.5 Å². The SMILES string of the molecule is N#CC1=C(N)OC2=C(C(=O)c3cccc4cccc2c34)C12C(=O)Nc1ccc(Br)cc12. The first kappa shape index (κ1) is 17.9. The number of ketones is 1. The van der Waals surface area contributed by atoms with E-state index in [0.717, 1.165) is 10.8 Å². The molecule has 0 radical (unpaired) electrons. The lowest BCUT2D eigenvalue weighted by atomic mass is 9.64. The van der Waals surface area contributed by atoms with E-state index in [9.17, 15) is 14.9 Å². The fourth-order valence-electron chi connectivity index (χ4n) is 4.92. The van der Waals surface area contributed by atoms with Crippen molar-refractivity contribution in [3.8, 4) is 6.07 Å². The van der Waals surface area contributed by atoms with Crippen molar-refractivity contribution in [3.63, 3.8) is 0 Å². The number of hydrogen-bond donors (Lipinski definition) is 2. The maximum atomic E-state index is 13.9. The van der Waals surface area contributed by atoms with Crippen LogP contribution in [-0.2, 0) is 14.9 Å². The summed E-state index contributed by atoms with van der Waals surface area (Å²) in [7, 11) is 0. The number of amides is 1. The first-order valence-electron chi connectivity index (χ1n) is 9.49. The number of ether oxygens (including phenoxy) is 1. The second kappa shape index (κ2) is 5.84. The standard InChI is InChI=1S/C24H12BrN3O3/c25-12-7-8-17-15(9-12)24(23(30)28-17)16(10-26)22(27)31-21-14-6-2-4-11-3-1-5-13(18(11)14)20(29)19(21)24/h1-9H,27H2,(H,28,30). The van der Waals surface area contributed by atoms with Crippen LogP contribution in [0.2, 0.25) is 0 Å². The highest BCUT2D eigenvalue weighted by molar-refractivity contribution is 9.10. The molecule has 3 aromatic rings. The summed E-state index contributed by atoms with van der Waals surface area (Å²) in [6.45, 7) is 0. The number of benzene rings is 3. The summed E-state index contributed by atoms with van der Waals surface area (Å²) in [6, 6.07) is 18.3. The van der Waals surface area contributed by atoms with Crippen molar-refractivity contribution in [2.45, 2.75) is 5.41 Å². The third-order valence-electron chi connectivity index (χ3n) is 6.14. The van der Waals surface area contributed by atoms with Gasteiger partial charge in [-0.3, -0.25) is 9.59 Å². The maximum Gasteiger partial charge on any atom is 0.245 e. The van der Waals surface area contributed by atoms with Crippen LogP contribution in [0.15, 0.2) is 76.1 Å². The van der Waals surface area contributed by atoms with Crippen LogP contribution in [0.25, 0.3) is 16.5 Å². The lowest BCUT2D eigenvalue weighted by Gasteiger charge is -2.37. The third-order valence-corrected chi connectivity index (χ3v) is 6.64. The van der Waals surface area contributed by atoms with E-state index < -0.39 is 11.3 Å². The van der Waals surface area contributed by atoms with Crippen molar-refractivity contribution < 1.29 is 14.3 Å². The van der Waals surface area contributed by atoms with Gasteiger partial charge in [0.15, 0.2) is 5.78 Å². The molecule has 1 amide bonds.